The lowest BCUT2D eigenvalue weighted by Crippen LogP contribution is -2.35. The molecule has 9 heteroatoms. The molecule has 3 aromatic rings. The van der Waals surface area contributed by atoms with Crippen molar-refractivity contribution in [3.63, 3.8) is 0 Å². The van der Waals surface area contributed by atoms with Crippen molar-refractivity contribution in [3.05, 3.63) is 88.4 Å². The van der Waals surface area contributed by atoms with Crippen LogP contribution in [0.5, 0.6) is 0 Å². The summed E-state index contributed by atoms with van der Waals surface area (Å²) in [7, 11) is 0. The van der Waals surface area contributed by atoms with Crippen LogP contribution in [0.2, 0.25) is 5.02 Å². The number of carbonyl (C=O) groups excluding carboxylic acids is 1. The van der Waals surface area contributed by atoms with Crippen LogP contribution in [-0.2, 0) is 11.2 Å². The van der Waals surface area contributed by atoms with Crippen LogP contribution in [0.25, 0.3) is 17.4 Å². The smallest absolute Gasteiger partial charge is 0.283 e. The number of benzene rings is 2. The molecular weight excluding hydrogens is 451 g/mol. The van der Waals surface area contributed by atoms with E-state index in [2.05, 4.69) is 10.1 Å². The van der Waals surface area contributed by atoms with Crippen molar-refractivity contribution < 1.29 is 13.6 Å². The number of thioether (sulfide) groups is 1. The van der Waals surface area contributed by atoms with E-state index >= 15 is 0 Å². The number of carbonyl (C=O) groups is 1. The van der Waals surface area contributed by atoms with E-state index in [9.17, 15) is 9.18 Å². The molecule has 1 amide bonds. The van der Waals surface area contributed by atoms with Gasteiger partial charge in [-0.25, -0.2) is 4.39 Å². The first-order valence-electron chi connectivity index (χ1n) is 9.56. The second-order valence-corrected chi connectivity index (χ2v) is 8.45. The van der Waals surface area contributed by atoms with Crippen molar-refractivity contribution in [2.75, 3.05) is 0 Å². The summed E-state index contributed by atoms with van der Waals surface area (Å²) < 4.78 is 19.2. The standard InChI is InChI=1S/C23H14ClFN4O2S/c24-17-11-14(6-8-18(17)25)19-9-7-15(31-19)12-16-21(26)29-23(27-22(16)30)32-20(28-29)10-13-4-2-1-3-5-13/h1-9,11-12,26H,10H2/b16-12-,26-21?. The minimum absolute atomic E-state index is 0.0133. The van der Waals surface area contributed by atoms with Gasteiger partial charge in [-0.1, -0.05) is 41.9 Å². The monoisotopic (exact) mass is 464 g/mol. The minimum Gasteiger partial charge on any atom is -0.457 e. The molecule has 0 bridgehead atoms. The number of hydrogen-bond donors (Lipinski definition) is 1. The molecule has 2 aromatic carbocycles. The van der Waals surface area contributed by atoms with Gasteiger partial charge in [0.15, 0.2) is 5.84 Å². The molecule has 5 rings (SSSR count). The van der Waals surface area contributed by atoms with Crippen molar-refractivity contribution in [1.82, 2.24) is 5.01 Å². The van der Waals surface area contributed by atoms with Crippen LogP contribution in [0.3, 0.4) is 0 Å². The third kappa shape index (κ3) is 3.90. The summed E-state index contributed by atoms with van der Waals surface area (Å²) in [5.74, 6) is -0.314. The SMILES string of the molecule is N=C1/C(=C/c2ccc(-c3ccc(F)c(Cl)c3)o2)C(=O)N=C2SC(Cc3ccccc3)=NN12. The molecule has 0 saturated heterocycles. The van der Waals surface area contributed by atoms with Gasteiger partial charge in [0.25, 0.3) is 5.91 Å². The Balaban J connectivity index is 1.40. The summed E-state index contributed by atoms with van der Waals surface area (Å²) in [5.41, 5.74) is 1.74. The molecule has 1 aromatic heterocycles. The molecule has 3 heterocycles. The zero-order valence-electron chi connectivity index (χ0n) is 16.4. The first kappa shape index (κ1) is 20.4. The quantitative estimate of drug-likeness (QED) is 0.509. The topological polar surface area (TPSA) is 82.0 Å². The first-order chi connectivity index (χ1) is 15.5. The predicted molar refractivity (Wildman–Crippen MR) is 124 cm³/mol. The van der Waals surface area contributed by atoms with E-state index in [0.717, 1.165) is 10.6 Å². The number of fused-ring (bicyclic) bond motifs is 1. The molecule has 0 saturated carbocycles. The largest absolute Gasteiger partial charge is 0.457 e. The van der Waals surface area contributed by atoms with E-state index in [0.29, 0.717) is 28.7 Å². The molecule has 2 aliphatic heterocycles. The van der Waals surface area contributed by atoms with Gasteiger partial charge in [-0.15, -0.1) is 0 Å². The molecule has 0 unspecified atom stereocenters. The Morgan fingerprint density at radius 2 is 1.97 bits per heavy atom. The maximum absolute atomic E-state index is 13.4. The Kier molecular flexibility index (Phi) is 5.24. The predicted octanol–water partition coefficient (Wildman–Crippen LogP) is 5.60. The lowest BCUT2D eigenvalue weighted by molar-refractivity contribution is -0.114. The van der Waals surface area contributed by atoms with Gasteiger partial charge in [-0.2, -0.15) is 15.1 Å². The number of aliphatic imine (C=N–C) groups is 1. The fourth-order valence-electron chi connectivity index (χ4n) is 3.25. The Hall–Kier alpha value is -3.49. The lowest BCUT2D eigenvalue weighted by atomic mass is 10.1. The fraction of sp³-hybridized carbons (Fsp3) is 0.0435. The van der Waals surface area contributed by atoms with Gasteiger partial charge in [0.05, 0.1) is 10.6 Å². The Morgan fingerprint density at radius 3 is 2.75 bits per heavy atom. The zero-order chi connectivity index (χ0) is 22.2. The number of nitrogens with zero attached hydrogens (tertiary/aromatic N) is 3. The fourth-order valence-corrected chi connectivity index (χ4v) is 4.35. The van der Waals surface area contributed by atoms with Crippen LogP contribution in [0.15, 0.2) is 80.7 Å². The third-order valence-electron chi connectivity index (χ3n) is 4.81. The van der Waals surface area contributed by atoms with Crippen LogP contribution >= 0.6 is 23.4 Å². The number of furan rings is 1. The van der Waals surface area contributed by atoms with Gasteiger partial charge in [0.1, 0.15) is 22.4 Å². The van der Waals surface area contributed by atoms with Crippen LogP contribution in [0.4, 0.5) is 4.39 Å². The van der Waals surface area contributed by atoms with E-state index in [-0.39, 0.29) is 16.4 Å². The van der Waals surface area contributed by atoms with Gasteiger partial charge in [0, 0.05) is 12.0 Å². The van der Waals surface area contributed by atoms with Gasteiger partial charge in [-0.05, 0) is 53.7 Å². The lowest BCUT2D eigenvalue weighted by Gasteiger charge is -2.19. The summed E-state index contributed by atoms with van der Waals surface area (Å²) in [6.45, 7) is 0. The minimum atomic E-state index is -0.535. The van der Waals surface area contributed by atoms with Gasteiger partial charge in [0.2, 0.25) is 5.17 Å². The molecule has 158 valence electrons. The number of amides is 1. The molecule has 1 N–H and O–H groups in total. The molecule has 32 heavy (non-hydrogen) atoms. The molecule has 6 nitrogen and oxygen atoms in total. The van der Waals surface area contributed by atoms with Gasteiger partial charge < -0.3 is 4.42 Å². The van der Waals surface area contributed by atoms with E-state index in [4.69, 9.17) is 21.4 Å². The average Bonchev–Trinajstić information content (AvgIpc) is 3.41. The van der Waals surface area contributed by atoms with Crippen LogP contribution < -0.4 is 0 Å². The van der Waals surface area contributed by atoms with Crippen molar-refractivity contribution in [3.8, 4) is 11.3 Å². The van der Waals surface area contributed by atoms with Crippen molar-refractivity contribution in [2.24, 2.45) is 10.1 Å². The molecule has 2 aliphatic rings. The van der Waals surface area contributed by atoms with Crippen molar-refractivity contribution in [2.45, 2.75) is 6.42 Å². The summed E-state index contributed by atoms with van der Waals surface area (Å²) in [6.07, 6.45) is 2.04. The van der Waals surface area contributed by atoms with E-state index in [1.54, 1.807) is 18.2 Å². The number of halogens is 2. The Labute approximate surface area is 191 Å². The highest BCUT2D eigenvalue weighted by Crippen LogP contribution is 2.31. The molecular formula is C23H14ClFN4O2S. The average molecular weight is 465 g/mol. The number of rotatable bonds is 4. The highest BCUT2D eigenvalue weighted by molar-refractivity contribution is 8.26. The van der Waals surface area contributed by atoms with E-state index in [1.807, 2.05) is 30.3 Å². The first-order valence-corrected chi connectivity index (χ1v) is 10.8. The third-order valence-corrected chi connectivity index (χ3v) is 6.01. The van der Waals surface area contributed by atoms with Crippen LogP contribution in [0.1, 0.15) is 11.3 Å². The molecule has 0 fully saturated rings. The van der Waals surface area contributed by atoms with Crippen LogP contribution in [-0.4, -0.2) is 27.0 Å². The maximum atomic E-state index is 13.4. The van der Waals surface area contributed by atoms with Crippen LogP contribution in [0, 0.1) is 11.2 Å². The van der Waals surface area contributed by atoms with Crippen molar-refractivity contribution >= 4 is 51.4 Å². The highest BCUT2D eigenvalue weighted by Gasteiger charge is 2.35. The normalized spacial score (nSPS) is 16.9. The van der Waals surface area contributed by atoms with Gasteiger partial charge >= 0.3 is 0 Å². The summed E-state index contributed by atoms with van der Waals surface area (Å²) in [5, 5.41) is 15.4. The Bertz CT molecular complexity index is 1350. The van der Waals surface area contributed by atoms with E-state index in [1.165, 1.54) is 35.0 Å². The highest BCUT2D eigenvalue weighted by atomic mass is 35.5. The second kappa shape index (κ2) is 8.22. The molecule has 0 radical (unpaired) electrons. The molecule has 0 aliphatic carbocycles. The number of hydrazone groups is 1. The zero-order valence-corrected chi connectivity index (χ0v) is 18.0. The van der Waals surface area contributed by atoms with Crippen molar-refractivity contribution in [1.29, 1.82) is 5.41 Å². The van der Waals surface area contributed by atoms with E-state index < -0.39 is 11.7 Å². The maximum Gasteiger partial charge on any atom is 0.283 e. The molecule has 0 spiro atoms. The number of amidine groups is 2. The summed E-state index contributed by atoms with van der Waals surface area (Å²) in [4.78, 5) is 16.7. The Morgan fingerprint density at radius 1 is 1.16 bits per heavy atom. The number of nitrogens with one attached hydrogen (secondary N) is 1. The summed E-state index contributed by atoms with van der Waals surface area (Å²) >= 11 is 7.12. The molecule has 0 atom stereocenters. The number of hydrogen-bond acceptors (Lipinski definition) is 5. The second-order valence-electron chi connectivity index (χ2n) is 7.01. The van der Waals surface area contributed by atoms with Gasteiger partial charge in [-0.3, -0.25) is 10.2 Å². The summed E-state index contributed by atoms with van der Waals surface area (Å²) in [6, 6.07) is 17.4.